The van der Waals surface area contributed by atoms with E-state index in [2.05, 4.69) is 0 Å². The molecule has 0 spiro atoms. The molecular formula is C9H8O3S. The Labute approximate surface area is 80.7 Å². The van der Waals surface area contributed by atoms with Crippen LogP contribution in [0, 0.1) is 0 Å². The van der Waals surface area contributed by atoms with Crippen LogP contribution in [0.3, 0.4) is 0 Å². The van der Waals surface area contributed by atoms with Crippen LogP contribution in [-0.4, -0.2) is 21.7 Å². The molecule has 4 heteroatoms. The van der Waals surface area contributed by atoms with Crippen molar-refractivity contribution in [1.82, 2.24) is 0 Å². The highest BCUT2D eigenvalue weighted by Crippen LogP contribution is 2.13. The Morgan fingerprint density at radius 2 is 2.15 bits per heavy atom. The van der Waals surface area contributed by atoms with Crippen molar-refractivity contribution >= 4 is 28.8 Å². The molecule has 0 aliphatic heterocycles. The van der Waals surface area contributed by atoms with Crippen LogP contribution >= 0.6 is 12.2 Å². The Morgan fingerprint density at radius 1 is 1.46 bits per heavy atom. The van der Waals surface area contributed by atoms with Crippen molar-refractivity contribution in [1.29, 1.82) is 0 Å². The monoisotopic (exact) mass is 196 g/mol. The number of allylic oxidation sites excluding steroid dienone is 4. The molecule has 3 nitrogen and oxygen atoms in total. The van der Waals surface area contributed by atoms with Crippen molar-refractivity contribution in [3.05, 3.63) is 23.8 Å². The van der Waals surface area contributed by atoms with Gasteiger partial charge >= 0.3 is 5.97 Å². The summed E-state index contributed by atoms with van der Waals surface area (Å²) in [5, 5.41) is 8.42. The quantitative estimate of drug-likeness (QED) is 0.691. The fourth-order valence-corrected chi connectivity index (χ4v) is 1.22. The highest BCUT2D eigenvalue weighted by atomic mass is 32.1. The number of rotatable bonds is 3. The molecule has 0 saturated carbocycles. The smallest absolute Gasteiger partial charge is 0.303 e. The molecule has 13 heavy (non-hydrogen) atoms. The van der Waals surface area contributed by atoms with Gasteiger partial charge in [0.1, 0.15) is 0 Å². The third-order valence-corrected chi connectivity index (χ3v) is 2.04. The maximum absolute atomic E-state index is 10.9. The van der Waals surface area contributed by atoms with Crippen molar-refractivity contribution in [3.63, 3.8) is 0 Å². The van der Waals surface area contributed by atoms with Crippen molar-refractivity contribution < 1.29 is 14.7 Å². The first kappa shape index (κ1) is 9.80. The average molecular weight is 196 g/mol. The van der Waals surface area contributed by atoms with Crippen LogP contribution in [0.25, 0.3) is 0 Å². The van der Waals surface area contributed by atoms with Crippen LogP contribution in [0.5, 0.6) is 0 Å². The number of carbonyl (C=O) groups excluding carboxylic acids is 1. The Bertz CT molecular complexity index is 326. The maximum atomic E-state index is 10.9. The van der Waals surface area contributed by atoms with E-state index in [0.717, 1.165) is 0 Å². The molecule has 0 fully saturated rings. The molecule has 1 rings (SSSR count). The van der Waals surface area contributed by atoms with Crippen LogP contribution < -0.4 is 0 Å². The molecule has 0 heterocycles. The topological polar surface area (TPSA) is 54.4 Å². The first-order valence-electron chi connectivity index (χ1n) is 3.78. The number of hydrogen-bond donors (Lipinski definition) is 1. The standard InChI is InChI=1S/C9H8O3S/c10-7-2-3-8(13)6(5-7)1-4-9(11)12/h2-3,5H,1,4H2,(H,11,12). The lowest BCUT2D eigenvalue weighted by Gasteiger charge is -2.06. The van der Waals surface area contributed by atoms with Crippen LogP contribution in [0.15, 0.2) is 23.8 Å². The molecule has 0 aromatic rings. The molecular weight excluding hydrogens is 188 g/mol. The van der Waals surface area contributed by atoms with Gasteiger partial charge in [-0.15, -0.1) is 0 Å². The summed E-state index contributed by atoms with van der Waals surface area (Å²) in [5.74, 6) is -1.01. The molecule has 0 saturated heterocycles. The third-order valence-electron chi connectivity index (χ3n) is 1.64. The number of carbonyl (C=O) groups is 2. The third kappa shape index (κ3) is 2.91. The van der Waals surface area contributed by atoms with Gasteiger partial charge in [0, 0.05) is 11.3 Å². The van der Waals surface area contributed by atoms with Crippen molar-refractivity contribution in [3.8, 4) is 0 Å². The second-order valence-corrected chi connectivity index (χ2v) is 3.10. The van der Waals surface area contributed by atoms with Gasteiger partial charge in [-0.1, -0.05) is 12.2 Å². The Kier molecular flexibility index (Phi) is 3.08. The first-order chi connectivity index (χ1) is 6.09. The summed E-state index contributed by atoms with van der Waals surface area (Å²) in [5.41, 5.74) is 0.643. The molecule has 0 bridgehead atoms. The summed E-state index contributed by atoms with van der Waals surface area (Å²) < 4.78 is 0. The molecule has 0 radical (unpaired) electrons. The van der Waals surface area contributed by atoms with Gasteiger partial charge in [0.25, 0.3) is 0 Å². The lowest BCUT2D eigenvalue weighted by atomic mass is 10.0. The minimum absolute atomic E-state index is 0.00704. The lowest BCUT2D eigenvalue weighted by molar-refractivity contribution is -0.137. The highest BCUT2D eigenvalue weighted by molar-refractivity contribution is 7.81. The van der Waals surface area contributed by atoms with Crippen LogP contribution in [0.2, 0.25) is 0 Å². The second-order valence-electron chi connectivity index (χ2n) is 2.66. The van der Waals surface area contributed by atoms with Gasteiger partial charge in [0.15, 0.2) is 5.78 Å². The van der Waals surface area contributed by atoms with Gasteiger partial charge in [-0.3, -0.25) is 9.59 Å². The second kappa shape index (κ2) is 4.09. The Morgan fingerprint density at radius 3 is 2.77 bits per heavy atom. The normalized spacial score (nSPS) is 15.8. The summed E-state index contributed by atoms with van der Waals surface area (Å²) in [6.07, 6.45) is 4.64. The van der Waals surface area contributed by atoms with E-state index in [4.69, 9.17) is 17.3 Å². The van der Waals surface area contributed by atoms with E-state index >= 15 is 0 Å². The minimum atomic E-state index is -0.884. The van der Waals surface area contributed by atoms with Crippen molar-refractivity contribution in [2.45, 2.75) is 12.8 Å². The predicted octanol–water partition coefficient (Wildman–Crippen LogP) is 1.29. The molecule has 68 valence electrons. The van der Waals surface area contributed by atoms with E-state index in [0.29, 0.717) is 16.9 Å². The fourth-order valence-electron chi connectivity index (χ4n) is 0.993. The van der Waals surface area contributed by atoms with Gasteiger partial charge < -0.3 is 5.11 Å². The van der Waals surface area contributed by atoms with Gasteiger partial charge in [-0.2, -0.15) is 0 Å². The molecule has 1 aliphatic rings. The van der Waals surface area contributed by atoms with E-state index < -0.39 is 5.97 Å². The first-order valence-corrected chi connectivity index (χ1v) is 4.19. The molecule has 0 aromatic heterocycles. The van der Waals surface area contributed by atoms with E-state index in [1.54, 1.807) is 0 Å². The number of ketones is 1. The van der Waals surface area contributed by atoms with Crippen molar-refractivity contribution in [2.75, 3.05) is 0 Å². The lowest BCUT2D eigenvalue weighted by Crippen LogP contribution is -2.07. The van der Waals surface area contributed by atoms with Crippen LogP contribution in [-0.2, 0) is 9.59 Å². The van der Waals surface area contributed by atoms with E-state index in [9.17, 15) is 9.59 Å². The number of aliphatic carboxylic acids is 1. The zero-order valence-corrected chi connectivity index (χ0v) is 7.63. The van der Waals surface area contributed by atoms with Gasteiger partial charge in [0.05, 0.1) is 0 Å². The minimum Gasteiger partial charge on any atom is -0.481 e. The van der Waals surface area contributed by atoms with E-state index in [-0.39, 0.29) is 12.2 Å². The highest BCUT2D eigenvalue weighted by Gasteiger charge is 2.10. The van der Waals surface area contributed by atoms with Crippen LogP contribution in [0.4, 0.5) is 0 Å². The Balaban J connectivity index is 2.63. The molecule has 1 aliphatic carbocycles. The van der Waals surface area contributed by atoms with Gasteiger partial charge in [0.2, 0.25) is 0 Å². The number of carboxylic acid groups (broad SMARTS) is 1. The molecule has 0 atom stereocenters. The zero-order valence-electron chi connectivity index (χ0n) is 6.82. The number of thiocarbonyl (C=S) groups is 1. The summed E-state index contributed by atoms with van der Waals surface area (Å²) in [4.78, 5) is 21.7. The number of carboxylic acids is 1. The fraction of sp³-hybridized carbons (Fsp3) is 0.222. The predicted molar refractivity (Wildman–Crippen MR) is 51.7 cm³/mol. The summed E-state index contributed by atoms with van der Waals surface area (Å²) in [6.45, 7) is 0. The van der Waals surface area contributed by atoms with Gasteiger partial charge in [-0.25, -0.2) is 0 Å². The zero-order chi connectivity index (χ0) is 9.84. The average Bonchev–Trinajstić information content (AvgIpc) is 2.06. The van der Waals surface area contributed by atoms with E-state index in [1.807, 2.05) is 0 Å². The summed E-state index contributed by atoms with van der Waals surface area (Å²) >= 11 is 4.93. The summed E-state index contributed by atoms with van der Waals surface area (Å²) in [6, 6.07) is 0. The Hall–Kier alpha value is -1.29. The van der Waals surface area contributed by atoms with Gasteiger partial charge in [-0.05, 0) is 30.2 Å². The maximum Gasteiger partial charge on any atom is 0.303 e. The molecule has 1 N–H and O–H groups in total. The van der Waals surface area contributed by atoms with E-state index in [1.165, 1.54) is 18.2 Å². The largest absolute Gasteiger partial charge is 0.481 e. The van der Waals surface area contributed by atoms with Crippen molar-refractivity contribution in [2.24, 2.45) is 0 Å². The number of hydrogen-bond acceptors (Lipinski definition) is 3. The van der Waals surface area contributed by atoms with Crippen LogP contribution in [0.1, 0.15) is 12.8 Å². The molecule has 0 aromatic carbocycles. The summed E-state index contributed by atoms with van der Waals surface area (Å²) in [7, 11) is 0. The SMILES string of the molecule is O=C1C=CC(=S)C(CCC(=O)O)=C1. The molecule has 0 amide bonds. The molecule has 0 unspecified atom stereocenters.